The maximum absolute atomic E-state index is 5.17. The maximum atomic E-state index is 5.17. The predicted molar refractivity (Wildman–Crippen MR) is 87.5 cm³/mol. The average molecular weight is 305 g/mol. The number of hydrogen-bond donors (Lipinski definition) is 0. The van der Waals surface area contributed by atoms with Gasteiger partial charge in [-0.3, -0.25) is 0 Å². The van der Waals surface area contributed by atoms with E-state index in [1.54, 1.807) is 7.11 Å². The third-order valence-electron chi connectivity index (χ3n) is 4.14. The van der Waals surface area contributed by atoms with Crippen molar-refractivity contribution in [2.75, 3.05) is 70.0 Å². The van der Waals surface area contributed by atoms with E-state index < -0.39 is 0 Å². The molecular formula is C14H28N2OS2. The van der Waals surface area contributed by atoms with Crippen LogP contribution in [0.2, 0.25) is 0 Å². The van der Waals surface area contributed by atoms with E-state index in [4.69, 9.17) is 4.74 Å². The zero-order valence-electron chi connectivity index (χ0n) is 12.3. The summed E-state index contributed by atoms with van der Waals surface area (Å²) in [7, 11) is 4.12. The Morgan fingerprint density at radius 3 is 2.68 bits per heavy atom. The van der Waals surface area contributed by atoms with Crippen LogP contribution in [0.15, 0.2) is 0 Å². The Kier molecular flexibility index (Phi) is 7.37. The molecule has 5 heteroatoms. The van der Waals surface area contributed by atoms with Crippen LogP contribution in [0.25, 0.3) is 0 Å². The first-order chi connectivity index (χ1) is 9.29. The second kappa shape index (κ2) is 8.78. The molecule has 0 unspecified atom stereocenters. The molecule has 0 aromatic rings. The third-order valence-corrected chi connectivity index (χ3v) is 6.63. The maximum Gasteiger partial charge on any atom is 0.0589 e. The van der Waals surface area contributed by atoms with Crippen molar-refractivity contribution in [3.05, 3.63) is 0 Å². The van der Waals surface area contributed by atoms with E-state index in [2.05, 4.69) is 40.4 Å². The molecule has 2 heterocycles. The van der Waals surface area contributed by atoms with Crippen LogP contribution >= 0.6 is 23.5 Å². The number of thioether (sulfide) groups is 2. The van der Waals surface area contributed by atoms with Crippen molar-refractivity contribution in [3.63, 3.8) is 0 Å². The lowest BCUT2D eigenvalue weighted by Crippen LogP contribution is -2.39. The third kappa shape index (κ3) is 5.46. The molecule has 0 radical (unpaired) electrons. The standard InChI is InChI=1S/C14H28N2OS2/c1-15(14-11-18-7-8-19-12-14)9-13-3-4-16(10-13)5-6-17-2/h13-14H,3-12H2,1-2H3/t13-/m1/s1. The predicted octanol–water partition coefficient (Wildman–Crippen LogP) is 1.74. The minimum Gasteiger partial charge on any atom is -0.383 e. The zero-order valence-corrected chi connectivity index (χ0v) is 14.0. The summed E-state index contributed by atoms with van der Waals surface area (Å²) in [5.41, 5.74) is 0. The highest BCUT2D eigenvalue weighted by Crippen LogP contribution is 2.22. The van der Waals surface area contributed by atoms with Gasteiger partial charge in [0.2, 0.25) is 0 Å². The van der Waals surface area contributed by atoms with Gasteiger partial charge in [0.25, 0.3) is 0 Å². The van der Waals surface area contributed by atoms with Crippen molar-refractivity contribution >= 4 is 23.5 Å². The molecule has 0 spiro atoms. The molecule has 0 bridgehead atoms. The minimum atomic E-state index is 0.783. The number of hydrogen-bond acceptors (Lipinski definition) is 5. The summed E-state index contributed by atoms with van der Waals surface area (Å²) in [6.07, 6.45) is 1.36. The number of methoxy groups -OCH3 is 1. The largest absolute Gasteiger partial charge is 0.383 e. The molecule has 0 aliphatic carbocycles. The molecule has 1 atom stereocenters. The second-order valence-electron chi connectivity index (χ2n) is 5.69. The van der Waals surface area contributed by atoms with Crippen LogP contribution < -0.4 is 0 Å². The summed E-state index contributed by atoms with van der Waals surface area (Å²) in [5.74, 6) is 6.18. The molecule has 0 amide bonds. The zero-order chi connectivity index (χ0) is 13.5. The van der Waals surface area contributed by atoms with Crippen molar-refractivity contribution in [1.82, 2.24) is 9.80 Å². The van der Waals surface area contributed by atoms with Crippen LogP contribution in [0.3, 0.4) is 0 Å². The summed E-state index contributed by atoms with van der Waals surface area (Å²) in [6, 6.07) is 0.783. The van der Waals surface area contributed by atoms with E-state index in [-0.39, 0.29) is 0 Å². The molecule has 19 heavy (non-hydrogen) atoms. The fourth-order valence-electron chi connectivity index (χ4n) is 2.90. The first kappa shape index (κ1) is 16.0. The van der Waals surface area contributed by atoms with Gasteiger partial charge in [-0.25, -0.2) is 0 Å². The first-order valence-electron chi connectivity index (χ1n) is 7.36. The number of ether oxygens (including phenoxy) is 1. The van der Waals surface area contributed by atoms with Crippen LogP contribution in [0.1, 0.15) is 6.42 Å². The Balaban J connectivity index is 1.68. The van der Waals surface area contributed by atoms with E-state index in [1.165, 1.54) is 49.1 Å². The first-order valence-corrected chi connectivity index (χ1v) is 9.67. The molecule has 2 fully saturated rings. The molecule has 112 valence electrons. The Labute approximate surface area is 126 Å². The molecule has 2 aliphatic rings. The summed E-state index contributed by atoms with van der Waals surface area (Å²) in [5, 5.41) is 0. The molecule has 2 rings (SSSR count). The van der Waals surface area contributed by atoms with Gasteiger partial charge in [0.15, 0.2) is 0 Å². The minimum absolute atomic E-state index is 0.783. The van der Waals surface area contributed by atoms with Gasteiger partial charge in [-0.1, -0.05) is 0 Å². The van der Waals surface area contributed by atoms with Gasteiger partial charge >= 0.3 is 0 Å². The van der Waals surface area contributed by atoms with Gasteiger partial charge in [0.1, 0.15) is 0 Å². The monoisotopic (exact) mass is 304 g/mol. The van der Waals surface area contributed by atoms with E-state index in [1.807, 2.05) is 0 Å². The van der Waals surface area contributed by atoms with Crippen LogP contribution in [-0.2, 0) is 4.74 Å². The van der Waals surface area contributed by atoms with Gasteiger partial charge in [0, 0.05) is 55.8 Å². The van der Waals surface area contributed by atoms with Crippen molar-refractivity contribution in [3.8, 4) is 0 Å². The molecule has 0 aromatic heterocycles. The quantitative estimate of drug-likeness (QED) is 0.740. The second-order valence-corrected chi connectivity index (χ2v) is 7.99. The Morgan fingerprint density at radius 2 is 2.00 bits per heavy atom. The summed E-state index contributed by atoms with van der Waals surface area (Å²) in [4.78, 5) is 5.18. The van der Waals surface area contributed by atoms with E-state index in [9.17, 15) is 0 Å². The fraction of sp³-hybridized carbons (Fsp3) is 1.00. The highest BCUT2D eigenvalue weighted by Gasteiger charge is 2.26. The van der Waals surface area contributed by atoms with Gasteiger partial charge in [-0.15, -0.1) is 0 Å². The van der Waals surface area contributed by atoms with E-state index in [0.717, 1.165) is 25.1 Å². The summed E-state index contributed by atoms with van der Waals surface area (Å²) >= 11 is 4.26. The lowest BCUT2D eigenvalue weighted by Gasteiger charge is -2.29. The van der Waals surface area contributed by atoms with Crippen molar-refractivity contribution in [2.24, 2.45) is 5.92 Å². The summed E-state index contributed by atoms with van der Waals surface area (Å²) < 4.78 is 5.17. The lowest BCUT2D eigenvalue weighted by molar-refractivity contribution is 0.156. The van der Waals surface area contributed by atoms with Crippen molar-refractivity contribution in [2.45, 2.75) is 12.5 Å². The molecule has 2 aliphatic heterocycles. The highest BCUT2D eigenvalue weighted by molar-refractivity contribution is 8.03. The van der Waals surface area contributed by atoms with Gasteiger partial charge in [-0.2, -0.15) is 23.5 Å². The normalized spacial score (nSPS) is 27.0. The van der Waals surface area contributed by atoms with Crippen molar-refractivity contribution in [1.29, 1.82) is 0 Å². The SMILES string of the molecule is COCCN1CC[C@H](CN(C)C2CSCCSC2)C1. The Morgan fingerprint density at radius 1 is 1.26 bits per heavy atom. The molecule has 0 saturated carbocycles. The highest BCUT2D eigenvalue weighted by atomic mass is 32.2. The number of rotatable bonds is 6. The Hall–Kier alpha value is 0.580. The van der Waals surface area contributed by atoms with Crippen LogP contribution in [-0.4, -0.2) is 85.8 Å². The number of nitrogens with zero attached hydrogens (tertiary/aromatic N) is 2. The van der Waals surface area contributed by atoms with Crippen LogP contribution in [0.5, 0.6) is 0 Å². The fourth-order valence-corrected chi connectivity index (χ4v) is 5.62. The van der Waals surface area contributed by atoms with Gasteiger partial charge in [-0.05, 0) is 25.9 Å². The van der Waals surface area contributed by atoms with Crippen LogP contribution in [0, 0.1) is 5.92 Å². The molecule has 0 N–H and O–H groups in total. The molecule has 3 nitrogen and oxygen atoms in total. The number of likely N-dealkylation sites (tertiary alicyclic amines) is 1. The molecular weight excluding hydrogens is 276 g/mol. The topological polar surface area (TPSA) is 15.7 Å². The smallest absolute Gasteiger partial charge is 0.0589 e. The van der Waals surface area contributed by atoms with E-state index in [0.29, 0.717) is 0 Å². The Bertz CT molecular complexity index is 248. The van der Waals surface area contributed by atoms with E-state index >= 15 is 0 Å². The lowest BCUT2D eigenvalue weighted by atomic mass is 10.1. The van der Waals surface area contributed by atoms with Crippen LogP contribution in [0.4, 0.5) is 0 Å². The molecule has 2 saturated heterocycles. The van der Waals surface area contributed by atoms with Gasteiger partial charge < -0.3 is 14.5 Å². The van der Waals surface area contributed by atoms with Crippen molar-refractivity contribution < 1.29 is 4.74 Å². The molecule has 0 aromatic carbocycles. The average Bonchev–Trinajstić information content (AvgIpc) is 2.68. The van der Waals surface area contributed by atoms with Gasteiger partial charge in [0.05, 0.1) is 6.61 Å². The summed E-state index contributed by atoms with van der Waals surface area (Å²) in [6.45, 7) is 5.77.